The van der Waals surface area contributed by atoms with Crippen molar-refractivity contribution in [2.75, 3.05) is 13.1 Å². The average Bonchev–Trinajstić information content (AvgIpc) is 2.77. The van der Waals surface area contributed by atoms with Crippen molar-refractivity contribution < 1.29 is 19.4 Å². The second-order valence-electron chi connectivity index (χ2n) is 7.89. The van der Waals surface area contributed by atoms with E-state index < -0.39 is 6.10 Å². The molecule has 1 aliphatic rings. The third-order valence-corrected chi connectivity index (χ3v) is 5.86. The third-order valence-electron chi connectivity index (χ3n) is 5.86. The van der Waals surface area contributed by atoms with Crippen LogP contribution in [0.25, 0.3) is 0 Å². The molecular formula is C25H31NO4. The lowest BCUT2D eigenvalue weighted by Gasteiger charge is -2.40. The zero-order chi connectivity index (χ0) is 21.7. The summed E-state index contributed by atoms with van der Waals surface area (Å²) in [6, 6.07) is 15.2. The van der Waals surface area contributed by atoms with Crippen LogP contribution in [0.5, 0.6) is 5.75 Å². The first-order valence-corrected chi connectivity index (χ1v) is 10.8. The van der Waals surface area contributed by atoms with Gasteiger partial charge in [0, 0.05) is 31.0 Å². The summed E-state index contributed by atoms with van der Waals surface area (Å²) in [4.78, 5) is 26.3. The van der Waals surface area contributed by atoms with Crippen molar-refractivity contribution in [2.45, 2.75) is 58.3 Å². The number of hydrogen-bond donors (Lipinski definition) is 1. The monoisotopic (exact) mass is 409 g/mol. The van der Waals surface area contributed by atoms with E-state index in [1.807, 2.05) is 25.1 Å². The SMILES string of the molecule is CCC(=O)c1ccc(OC(CC)N2CCC(c3ccccc3)C(O)C2)c(C(C)=O)c1. The van der Waals surface area contributed by atoms with Gasteiger partial charge in [-0.15, -0.1) is 0 Å². The van der Waals surface area contributed by atoms with E-state index >= 15 is 0 Å². The highest BCUT2D eigenvalue weighted by Crippen LogP contribution is 2.31. The van der Waals surface area contributed by atoms with Gasteiger partial charge in [0.1, 0.15) is 5.75 Å². The van der Waals surface area contributed by atoms with Gasteiger partial charge in [0.15, 0.2) is 17.8 Å². The molecule has 0 aliphatic carbocycles. The summed E-state index contributed by atoms with van der Waals surface area (Å²) in [5, 5.41) is 10.8. The Kier molecular flexibility index (Phi) is 7.40. The molecule has 1 saturated heterocycles. The van der Waals surface area contributed by atoms with E-state index in [2.05, 4.69) is 17.0 Å². The van der Waals surface area contributed by atoms with E-state index in [1.54, 1.807) is 25.1 Å². The van der Waals surface area contributed by atoms with Crippen molar-refractivity contribution in [3.63, 3.8) is 0 Å². The maximum absolute atomic E-state index is 12.2. The van der Waals surface area contributed by atoms with Crippen LogP contribution in [-0.2, 0) is 0 Å². The molecule has 3 rings (SSSR count). The van der Waals surface area contributed by atoms with Gasteiger partial charge in [-0.05, 0) is 43.5 Å². The molecule has 1 heterocycles. The topological polar surface area (TPSA) is 66.8 Å². The lowest BCUT2D eigenvalue weighted by molar-refractivity contribution is -0.0391. The third kappa shape index (κ3) is 4.97. The second kappa shape index (κ2) is 10.0. The van der Waals surface area contributed by atoms with Crippen molar-refractivity contribution in [1.82, 2.24) is 4.90 Å². The van der Waals surface area contributed by atoms with Crippen LogP contribution in [0.15, 0.2) is 48.5 Å². The first-order valence-electron chi connectivity index (χ1n) is 10.8. The maximum Gasteiger partial charge on any atom is 0.163 e. The van der Waals surface area contributed by atoms with Gasteiger partial charge in [0.2, 0.25) is 0 Å². The van der Waals surface area contributed by atoms with E-state index in [1.165, 1.54) is 6.92 Å². The van der Waals surface area contributed by atoms with E-state index in [4.69, 9.17) is 4.74 Å². The average molecular weight is 410 g/mol. The highest BCUT2D eigenvalue weighted by atomic mass is 16.5. The lowest BCUT2D eigenvalue weighted by Crippen LogP contribution is -2.49. The number of carbonyl (C=O) groups is 2. The number of ether oxygens (including phenoxy) is 1. The molecule has 0 spiro atoms. The van der Waals surface area contributed by atoms with Crippen LogP contribution in [0, 0.1) is 0 Å². The Labute approximate surface area is 178 Å². The Bertz CT molecular complexity index is 880. The Morgan fingerprint density at radius 3 is 2.50 bits per heavy atom. The van der Waals surface area contributed by atoms with Crippen molar-refractivity contribution in [2.24, 2.45) is 0 Å². The highest BCUT2D eigenvalue weighted by molar-refractivity contribution is 6.02. The first kappa shape index (κ1) is 22.2. The molecule has 160 valence electrons. The fourth-order valence-corrected chi connectivity index (χ4v) is 4.15. The van der Waals surface area contributed by atoms with Gasteiger partial charge in [-0.3, -0.25) is 14.5 Å². The minimum absolute atomic E-state index is 0.00204. The summed E-state index contributed by atoms with van der Waals surface area (Å²) in [6.45, 7) is 6.63. The highest BCUT2D eigenvalue weighted by Gasteiger charge is 2.32. The number of rotatable bonds is 8. The number of benzene rings is 2. The molecule has 0 amide bonds. The Morgan fingerprint density at radius 1 is 1.17 bits per heavy atom. The summed E-state index contributed by atoms with van der Waals surface area (Å²) in [7, 11) is 0. The molecule has 1 fully saturated rings. The minimum atomic E-state index is -0.476. The molecule has 2 aromatic rings. The van der Waals surface area contributed by atoms with Gasteiger partial charge in [-0.25, -0.2) is 0 Å². The zero-order valence-corrected chi connectivity index (χ0v) is 18.0. The van der Waals surface area contributed by atoms with Gasteiger partial charge in [-0.2, -0.15) is 0 Å². The summed E-state index contributed by atoms with van der Waals surface area (Å²) in [6.07, 6.45) is 1.23. The van der Waals surface area contributed by atoms with Crippen LogP contribution in [0.2, 0.25) is 0 Å². The van der Waals surface area contributed by atoms with Crippen LogP contribution in [0.1, 0.15) is 72.2 Å². The molecule has 2 aromatic carbocycles. The number of aliphatic hydroxyl groups is 1. The fraction of sp³-hybridized carbons (Fsp3) is 0.440. The number of β-amino-alcohol motifs (C(OH)–C–C–N with tert-alkyl or cyclic N) is 1. The van der Waals surface area contributed by atoms with Crippen LogP contribution in [0.4, 0.5) is 0 Å². The number of piperidine rings is 1. The normalized spacial score (nSPS) is 20.5. The first-order chi connectivity index (χ1) is 14.4. The Balaban J connectivity index is 1.74. The Morgan fingerprint density at radius 2 is 1.90 bits per heavy atom. The molecule has 30 heavy (non-hydrogen) atoms. The number of carbonyl (C=O) groups excluding carboxylic acids is 2. The molecule has 0 radical (unpaired) electrons. The van der Waals surface area contributed by atoms with Gasteiger partial charge in [0.05, 0.1) is 11.7 Å². The van der Waals surface area contributed by atoms with Gasteiger partial charge >= 0.3 is 0 Å². The summed E-state index contributed by atoms with van der Waals surface area (Å²) in [5.41, 5.74) is 2.11. The number of Topliss-reactive ketones (excluding diaryl/α,β-unsaturated/α-hetero) is 2. The second-order valence-corrected chi connectivity index (χ2v) is 7.89. The predicted molar refractivity (Wildman–Crippen MR) is 117 cm³/mol. The lowest BCUT2D eigenvalue weighted by atomic mass is 9.87. The van der Waals surface area contributed by atoms with E-state index in [0.29, 0.717) is 29.8 Å². The van der Waals surface area contributed by atoms with Crippen molar-refractivity contribution >= 4 is 11.6 Å². The molecule has 3 atom stereocenters. The molecule has 1 N–H and O–H groups in total. The summed E-state index contributed by atoms with van der Waals surface area (Å²) < 4.78 is 6.24. The molecule has 1 aliphatic heterocycles. The predicted octanol–water partition coefficient (Wildman–Crippen LogP) is 4.45. The number of nitrogens with zero attached hydrogens (tertiary/aromatic N) is 1. The van der Waals surface area contributed by atoms with E-state index in [9.17, 15) is 14.7 Å². The quantitative estimate of drug-likeness (QED) is 0.653. The maximum atomic E-state index is 12.2. The molecular weight excluding hydrogens is 378 g/mol. The number of ketones is 2. The van der Waals surface area contributed by atoms with Crippen LogP contribution < -0.4 is 4.74 Å². The van der Waals surface area contributed by atoms with E-state index in [0.717, 1.165) is 24.9 Å². The summed E-state index contributed by atoms with van der Waals surface area (Å²) >= 11 is 0. The summed E-state index contributed by atoms with van der Waals surface area (Å²) in [5.74, 6) is 0.476. The molecule has 5 nitrogen and oxygen atoms in total. The standard InChI is InChI=1S/C25H31NO4/c1-4-22(28)19-11-12-24(21(15-19)17(3)27)30-25(5-2)26-14-13-20(23(29)16-26)18-9-7-6-8-10-18/h6-12,15,20,23,25,29H,4-5,13-14,16H2,1-3H3. The molecule has 0 aromatic heterocycles. The van der Waals surface area contributed by atoms with Gasteiger partial charge < -0.3 is 9.84 Å². The van der Waals surface area contributed by atoms with Crippen LogP contribution >= 0.6 is 0 Å². The zero-order valence-electron chi connectivity index (χ0n) is 18.0. The molecule has 0 bridgehead atoms. The number of hydrogen-bond acceptors (Lipinski definition) is 5. The Hall–Kier alpha value is -2.50. The molecule has 3 unspecified atom stereocenters. The van der Waals surface area contributed by atoms with Crippen LogP contribution in [0.3, 0.4) is 0 Å². The van der Waals surface area contributed by atoms with Crippen molar-refractivity contribution in [1.29, 1.82) is 0 Å². The minimum Gasteiger partial charge on any atom is -0.474 e. The molecule has 0 saturated carbocycles. The number of likely N-dealkylation sites (tertiary alicyclic amines) is 1. The number of aliphatic hydroxyl groups excluding tert-OH is 1. The van der Waals surface area contributed by atoms with Crippen LogP contribution in [-0.4, -0.2) is 47.0 Å². The van der Waals surface area contributed by atoms with Crippen molar-refractivity contribution in [3.05, 3.63) is 65.2 Å². The van der Waals surface area contributed by atoms with E-state index in [-0.39, 0.29) is 23.7 Å². The van der Waals surface area contributed by atoms with Crippen molar-refractivity contribution in [3.8, 4) is 5.75 Å². The fourth-order valence-electron chi connectivity index (χ4n) is 4.15. The molecule has 5 heteroatoms. The van der Waals surface area contributed by atoms with Gasteiger partial charge in [0.25, 0.3) is 0 Å². The van der Waals surface area contributed by atoms with Gasteiger partial charge in [-0.1, -0.05) is 44.2 Å². The largest absolute Gasteiger partial charge is 0.474 e. The smallest absolute Gasteiger partial charge is 0.163 e.